The predicted octanol–water partition coefficient (Wildman–Crippen LogP) is 2.32. The van der Waals surface area contributed by atoms with E-state index in [1.165, 1.54) is 12.8 Å². The first-order valence-corrected chi connectivity index (χ1v) is 9.73. The van der Waals surface area contributed by atoms with E-state index in [0.717, 1.165) is 36.2 Å². The van der Waals surface area contributed by atoms with Gasteiger partial charge >= 0.3 is 5.97 Å². The van der Waals surface area contributed by atoms with Crippen LogP contribution in [0.15, 0.2) is 12.5 Å². The van der Waals surface area contributed by atoms with Crippen LogP contribution < -0.4 is 5.32 Å². The summed E-state index contributed by atoms with van der Waals surface area (Å²) < 4.78 is 1.92. The van der Waals surface area contributed by atoms with Gasteiger partial charge in [-0.2, -0.15) is 5.10 Å². The fraction of sp³-hybridized carbons (Fsp3) is 0.684. The van der Waals surface area contributed by atoms with E-state index >= 15 is 0 Å². The standard InChI is InChI=1S/C19H28N6O2/c1-19(2,3)25-18-15(8-22-25)17(20-11-21-18)23-13-6-14(7-13)24(10-16(26)27)9-12-4-5-12/h8,11-14H,4-7,9-10H2,1-3H3,(H,26,27)(H,20,21,23). The quantitative estimate of drug-likeness (QED) is 0.770. The number of anilines is 1. The van der Waals surface area contributed by atoms with Gasteiger partial charge in [0, 0.05) is 18.6 Å². The number of carboxylic acids is 1. The lowest BCUT2D eigenvalue weighted by Crippen LogP contribution is -2.52. The van der Waals surface area contributed by atoms with Gasteiger partial charge in [0.1, 0.15) is 12.1 Å². The van der Waals surface area contributed by atoms with Crippen LogP contribution in [0.3, 0.4) is 0 Å². The van der Waals surface area contributed by atoms with E-state index in [1.54, 1.807) is 6.33 Å². The first-order chi connectivity index (χ1) is 12.8. The van der Waals surface area contributed by atoms with Gasteiger partial charge in [0.15, 0.2) is 5.65 Å². The van der Waals surface area contributed by atoms with Crippen LogP contribution in [0.4, 0.5) is 5.82 Å². The van der Waals surface area contributed by atoms with Crippen molar-refractivity contribution >= 4 is 22.8 Å². The highest BCUT2D eigenvalue weighted by Crippen LogP contribution is 2.35. The molecule has 2 aliphatic carbocycles. The molecule has 4 rings (SSSR count). The molecule has 0 bridgehead atoms. The molecular weight excluding hydrogens is 344 g/mol. The lowest BCUT2D eigenvalue weighted by Gasteiger charge is -2.43. The Kier molecular flexibility index (Phi) is 4.53. The number of fused-ring (bicyclic) bond motifs is 1. The Labute approximate surface area is 159 Å². The van der Waals surface area contributed by atoms with Crippen molar-refractivity contribution < 1.29 is 9.90 Å². The van der Waals surface area contributed by atoms with Gasteiger partial charge in [-0.05, 0) is 52.4 Å². The molecule has 0 spiro atoms. The molecule has 0 saturated heterocycles. The SMILES string of the molecule is CC(C)(C)n1ncc2c(NC3CC(N(CC(=O)O)CC4CC4)C3)ncnc21. The number of hydrogen-bond acceptors (Lipinski definition) is 6. The zero-order chi connectivity index (χ0) is 19.2. The molecule has 0 radical (unpaired) electrons. The van der Waals surface area contributed by atoms with Crippen LogP contribution in [0.2, 0.25) is 0 Å². The van der Waals surface area contributed by atoms with Crippen LogP contribution >= 0.6 is 0 Å². The maximum Gasteiger partial charge on any atom is 0.317 e. The van der Waals surface area contributed by atoms with Gasteiger partial charge in [-0.1, -0.05) is 0 Å². The van der Waals surface area contributed by atoms with E-state index in [0.29, 0.717) is 18.0 Å². The van der Waals surface area contributed by atoms with Gasteiger partial charge in [-0.3, -0.25) is 9.69 Å². The van der Waals surface area contributed by atoms with Gasteiger partial charge in [0.25, 0.3) is 0 Å². The molecule has 2 fully saturated rings. The minimum absolute atomic E-state index is 0.143. The average molecular weight is 372 g/mol. The number of carbonyl (C=O) groups is 1. The number of rotatable bonds is 7. The van der Waals surface area contributed by atoms with E-state index in [9.17, 15) is 9.90 Å². The molecule has 0 aromatic carbocycles. The number of nitrogens with zero attached hydrogens (tertiary/aromatic N) is 5. The second-order valence-electron chi connectivity index (χ2n) is 8.92. The zero-order valence-corrected chi connectivity index (χ0v) is 16.2. The molecule has 2 aromatic heterocycles. The minimum atomic E-state index is -0.737. The van der Waals surface area contributed by atoms with Crippen LogP contribution in [0.5, 0.6) is 0 Å². The third-order valence-electron chi connectivity index (χ3n) is 5.50. The van der Waals surface area contributed by atoms with Crippen molar-refractivity contribution in [1.82, 2.24) is 24.6 Å². The number of aliphatic carboxylic acids is 1. The fourth-order valence-corrected chi connectivity index (χ4v) is 3.80. The second kappa shape index (κ2) is 6.74. The van der Waals surface area contributed by atoms with Crippen molar-refractivity contribution in [2.75, 3.05) is 18.4 Å². The smallest absolute Gasteiger partial charge is 0.317 e. The molecule has 0 aliphatic heterocycles. The van der Waals surface area contributed by atoms with Crippen molar-refractivity contribution in [2.24, 2.45) is 5.92 Å². The van der Waals surface area contributed by atoms with Crippen molar-refractivity contribution in [2.45, 2.75) is 64.1 Å². The summed E-state index contributed by atoms with van der Waals surface area (Å²) in [6, 6.07) is 0.649. The summed E-state index contributed by atoms with van der Waals surface area (Å²) in [6.07, 6.45) is 7.76. The number of nitrogens with one attached hydrogen (secondary N) is 1. The summed E-state index contributed by atoms with van der Waals surface area (Å²) in [5, 5.41) is 18.1. The van der Waals surface area contributed by atoms with Gasteiger partial charge in [0.05, 0.1) is 23.7 Å². The van der Waals surface area contributed by atoms with Crippen LogP contribution in [0, 0.1) is 5.92 Å². The summed E-state index contributed by atoms with van der Waals surface area (Å²) >= 11 is 0. The molecule has 2 aliphatic rings. The third-order valence-corrected chi connectivity index (χ3v) is 5.50. The highest BCUT2D eigenvalue weighted by Gasteiger charge is 2.37. The Morgan fingerprint density at radius 2 is 2.07 bits per heavy atom. The lowest BCUT2D eigenvalue weighted by atomic mass is 9.85. The van der Waals surface area contributed by atoms with Crippen molar-refractivity contribution in [1.29, 1.82) is 0 Å². The normalized spacial score (nSPS) is 22.8. The molecule has 27 heavy (non-hydrogen) atoms. The molecule has 2 heterocycles. The summed E-state index contributed by atoms with van der Waals surface area (Å²) in [5.74, 6) is 0.770. The Hall–Kier alpha value is -2.22. The molecular formula is C19H28N6O2. The third kappa shape index (κ3) is 3.90. The average Bonchev–Trinajstić information content (AvgIpc) is 3.22. The van der Waals surface area contributed by atoms with Crippen LogP contribution in [0.1, 0.15) is 46.5 Å². The van der Waals surface area contributed by atoms with Crippen molar-refractivity contribution in [3.05, 3.63) is 12.5 Å². The summed E-state index contributed by atoms with van der Waals surface area (Å²) in [6.45, 7) is 7.36. The van der Waals surface area contributed by atoms with Gasteiger partial charge in [0.2, 0.25) is 0 Å². The fourth-order valence-electron chi connectivity index (χ4n) is 3.80. The Morgan fingerprint density at radius 3 is 2.70 bits per heavy atom. The molecule has 0 unspecified atom stereocenters. The Balaban J connectivity index is 1.42. The summed E-state index contributed by atoms with van der Waals surface area (Å²) in [7, 11) is 0. The largest absolute Gasteiger partial charge is 0.480 e. The van der Waals surface area contributed by atoms with E-state index in [2.05, 4.69) is 46.1 Å². The Bertz CT molecular complexity index is 832. The van der Waals surface area contributed by atoms with E-state index in [-0.39, 0.29) is 12.1 Å². The molecule has 0 atom stereocenters. The van der Waals surface area contributed by atoms with Gasteiger partial charge < -0.3 is 10.4 Å². The minimum Gasteiger partial charge on any atom is -0.480 e. The molecule has 2 saturated carbocycles. The zero-order valence-electron chi connectivity index (χ0n) is 16.2. The molecule has 8 heteroatoms. The molecule has 146 valence electrons. The first-order valence-electron chi connectivity index (χ1n) is 9.73. The maximum absolute atomic E-state index is 11.2. The monoisotopic (exact) mass is 372 g/mol. The molecule has 8 nitrogen and oxygen atoms in total. The number of hydrogen-bond donors (Lipinski definition) is 2. The van der Waals surface area contributed by atoms with E-state index in [4.69, 9.17) is 0 Å². The second-order valence-corrected chi connectivity index (χ2v) is 8.92. The highest BCUT2D eigenvalue weighted by molar-refractivity contribution is 5.86. The lowest BCUT2D eigenvalue weighted by molar-refractivity contribution is -0.139. The van der Waals surface area contributed by atoms with Crippen molar-refractivity contribution in [3.8, 4) is 0 Å². The summed E-state index contributed by atoms with van der Waals surface area (Å²) in [4.78, 5) is 22.1. The number of carboxylic acid groups (broad SMARTS) is 1. The van der Waals surface area contributed by atoms with Crippen LogP contribution in [-0.4, -0.2) is 60.9 Å². The molecule has 0 amide bonds. The van der Waals surface area contributed by atoms with Crippen LogP contribution in [0.25, 0.3) is 11.0 Å². The maximum atomic E-state index is 11.2. The first kappa shape index (κ1) is 18.2. The van der Waals surface area contributed by atoms with E-state index in [1.807, 2.05) is 10.9 Å². The topological polar surface area (TPSA) is 96.2 Å². The Morgan fingerprint density at radius 1 is 1.33 bits per heavy atom. The van der Waals surface area contributed by atoms with Crippen molar-refractivity contribution in [3.63, 3.8) is 0 Å². The van der Waals surface area contributed by atoms with E-state index < -0.39 is 5.97 Å². The number of aromatic nitrogens is 4. The molecule has 2 N–H and O–H groups in total. The predicted molar refractivity (Wildman–Crippen MR) is 103 cm³/mol. The van der Waals surface area contributed by atoms with Gasteiger partial charge in [-0.25, -0.2) is 14.6 Å². The summed E-state index contributed by atoms with van der Waals surface area (Å²) in [5.41, 5.74) is 0.687. The van der Waals surface area contributed by atoms with Gasteiger partial charge in [-0.15, -0.1) is 0 Å². The van der Waals surface area contributed by atoms with Crippen LogP contribution in [-0.2, 0) is 10.3 Å². The highest BCUT2D eigenvalue weighted by atomic mass is 16.4. The molecule has 2 aromatic rings.